The third-order valence-corrected chi connectivity index (χ3v) is 4.40. The predicted molar refractivity (Wildman–Crippen MR) is 114 cm³/mol. The zero-order valence-corrected chi connectivity index (χ0v) is 18.6. The standard InChI is InChI=1S/C19H28F3N3O2.HI/c1-23-18(24-9-3-10-26-13-16-8-11-27-14-16)25(2)12-15-4-6-17(7-5-15)19(20,21)22;/h4-7,16H,3,8-14H2,1-2H3,(H,23,24);1H. The summed E-state index contributed by atoms with van der Waals surface area (Å²) in [5, 5.41) is 3.24. The number of aliphatic imine (C=N–C) groups is 1. The summed E-state index contributed by atoms with van der Waals surface area (Å²) in [6, 6.07) is 5.19. The summed E-state index contributed by atoms with van der Waals surface area (Å²) in [6.07, 6.45) is -2.39. The molecule has 0 amide bonds. The first-order valence-electron chi connectivity index (χ1n) is 9.13. The van der Waals surface area contributed by atoms with E-state index in [2.05, 4.69) is 10.3 Å². The first-order valence-corrected chi connectivity index (χ1v) is 9.13. The quantitative estimate of drug-likeness (QED) is 0.248. The summed E-state index contributed by atoms with van der Waals surface area (Å²) in [5.74, 6) is 1.21. The second-order valence-corrected chi connectivity index (χ2v) is 6.68. The van der Waals surface area contributed by atoms with Crippen molar-refractivity contribution < 1.29 is 22.6 Å². The Balaban J connectivity index is 0.00000392. The lowest BCUT2D eigenvalue weighted by Gasteiger charge is -2.22. The van der Waals surface area contributed by atoms with Gasteiger partial charge >= 0.3 is 6.18 Å². The Bertz CT molecular complexity index is 591. The fraction of sp³-hybridized carbons (Fsp3) is 0.632. The highest BCUT2D eigenvalue weighted by atomic mass is 127. The molecule has 1 atom stereocenters. The molecule has 1 aromatic rings. The van der Waals surface area contributed by atoms with E-state index in [1.807, 2.05) is 11.9 Å². The van der Waals surface area contributed by atoms with Crippen LogP contribution in [0.1, 0.15) is 24.0 Å². The minimum Gasteiger partial charge on any atom is -0.381 e. The van der Waals surface area contributed by atoms with Crippen molar-refractivity contribution in [3.05, 3.63) is 35.4 Å². The molecule has 0 aromatic heterocycles. The Morgan fingerprint density at radius 2 is 2.04 bits per heavy atom. The Kier molecular flexibility index (Phi) is 11.1. The number of nitrogens with zero attached hydrogens (tertiary/aromatic N) is 2. The van der Waals surface area contributed by atoms with Crippen LogP contribution in [0.3, 0.4) is 0 Å². The molecule has 0 saturated carbocycles. The molecule has 0 radical (unpaired) electrons. The van der Waals surface area contributed by atoms with Crippen LogP contribution in [0.15, 0.2) is 29.3 Å². The number of hydrogen-bond acceptors (Lipinski definition) is 3. The van der Waals surface area contributed by atoms with E-state index in [4.69, 9.17) is 9.47 Å². The van der Waals surface area contributed by atoms with Crippen LogP contribution in [0.5, 0.6) is 0 Å². The molecule has 5 nitrogen and oxygen atoms in total. The van der Waals surface area contributed by atoms with Gasteiger partial charge < -0.3 is 19.7 Å². The SMILES string of the molecule is CN=C(NCCCOCC1CCOC1)N(C)Cc1ccc(C(F)(F)F)cc1.I. The molecule has 1 N–H and O–H groups in total. The minimum atomic E-state index is -4.31. The van der Waals surface area contributed by atoms with Crippen LogP contribution >= 0.6 is 24.0 Å². The lowest BCUT2D eigenvalue weighted by Crippen LogP contribution is -2.39. The zero-order chi connectivity index (χ0) is 19.7. The molecule has 1 aromatic carbocycles. The van der Waals surface area contributed by atoms with Crippen LogP contribution in [-0.2, 0) is 22.2 Å². The second-order valence-electron chi connectivity index (χ2n) is 6.68. The summed E-state index contributed by atoms with van der Waals surface area (Å²) in [7, 11) is 3.53. The van der Waals surface area contributed by atoms with Crippen molar-refractivity contribution in [2.75, 3.05) is 47.1 Å². The van der Waals surface area contributed by atoms with Gasteiger partial charge in [-0.1, -0.05) is 12.1 Å². The maximum Gasteiger partial charge on any atom is 0.416 e. The van der Waals surface area contributed by atoms with E-state index < -0.39 is 11.7 Å². The average Bonchev–Trinajstić information content (AvgIpc) is 3.14. The summed E-state index contributed by atoms with van der Waals surface area (Å²) < 4.78 is 48.8. The Hall–Kier alpha value is -1.07. The number of halogens is 4. The monoisotopic (exact) mass is 515 g/mol. The number of ether oxygens (including phenoxy) is 2. The number of benzene rings is 1. The van der Waals surface area contributed by atoms with Crippen molar-refractivity contribution in [1.29, 1.82) is 0 Å². The average molecular weight is 515 g/mol. The molecular weight excluding hydrogens is 486 g/mol. The van der Waals surface area contributed by atoms with Crippen molar-refractivity contribution in [1.82, 2.24) is 10.2 Å². The Morgan fingerprint density at radius 3 is 2.61 bits per heavy atom. The smallest absolute Gasteiger partial charge is 0.381 e. The molecular formula is C19H29F3IN3O2. The van der Waals surface area contributed by atoms with Gasteiger partial charge in [-0.3, -0.25) is 4.99 Å². The Morgan fingerprint density at radius 1 is 1.32 bits per heavy atom. The minimum absolute atomic E-state index is 0. The molecule has 9 heteroatoms. The van der Waals surface area contributed by atoms with Crippen LogP contribution in [0.2, 0.25) is 0 Å². The van der Waals surface area contributed by atoms with Gasteiger partial charge in [-0.05, 0) is 30.5 Å². The topological polar surface area (TPSA) is 46.1 Å². The molecule has 160 valence electrons. The number of nitrogens with one attached hydrogen (secondary N) is 1. The molecule has 1 aliphatic rings. The van der Waals surface area contributed by atoms with Crippen molar-refractivity contribution >= 4 is 29.9 Å². The second kappa shape index (κ2) is 12.5. The van der Waals surface area contributed by atoms with E-state index in [-0.39, 0.29) is 24.0 Å². The van der Waals surface area contributed by atoms with E-state index in [1.54, 1.807) is 7.05 Å². The third-order valence-electron chi connectivity index (χ3n) is 4.40. The van der Waals surface area contributed by atoms with Gasteiger partial charge in [0.15, 0.2) is 5.96 Å². The molecule has 1 unspecified atom stereocenters. The highest BCUT2D eigenvalue weighted by molar-refractivity contribution is 14.0. The van der Waals surface area contributed by atoms with Crippen molar-refractivity contribution in [2.24, 2.45) is 10.9 Å². The van der Waals surface area contributed by atoms with Gasteiger partial charge in [0.05, 0.1) is 18.8 Å². The van der Waals surface area contributed by atoms with Gasteiger partial charge in [-0.2, -0.15) is 13.2 Å². The van der Waals surface area contributed by atoms with E-state index in [9.17, 15) is 13.2 Å². The molecule has 1 heterocycles. The molecule has 0 spiro atoms. The number of alkyl halides is 3. The summed E-state index contributed by atoms with van der Waals surface area (Å²) in [5.41, 5.74) is 0.149. The van der Waals surface area contributed by atoms with Crippen LogP contribution < -0.4 is 5.32 Å². The van der Waals surface area contributed by atoms with E-state index in [0.717, 1.165) is 50.4 Å². The van der Waals surface area contributed by atoms with Crippen LogP contribution in [0, 0.1) is 5.92 Å². The van der Waals surface area contributed by atoms with Crippen LogP contribution in [0.25, 0.3) is 0 Å². The fourth-order valence-electron chi connectivity index (χ4n) is 2.87. The molecule has 2 rings (SSSR count). The van der Waals surface area contributed by atoms with Gasteiger partial charge in [0, 0.05) is 46.3 Å². The maximum absolute atomic E-state index is 12.6. The third kappa shape index (κ3) is 8.52. The predicted octanol–water partition coefficient (Wildman–Crippen LogP) is 3.77. The fourth-order valence-corrected chi connectivity index (χ4v) is 2.87. The highest BCUT2D eigenvalue weighted by Crippen LogP contribution is 2.29. The van der Waals surface area contributed by atoms with Gasteiger partial charge in [0.2, 0.25) is 0 Å². The highest BCUT2D eigenvalue weighted by Gasteiger charge is 2.29. The molecule has 28 heavy (non-hydrogen) atoms. The van der Waals surface area contributed by atoms with E-state index in [1.165, 1.54) is 12.1 Å². The summed E-state index contributed by atoms with van der Waals surface area (Å²) in [4.78, 5) is 6.09. The van der Waals surface area contributed by atoms with E-state index >= 15 is 0 Å². The number of rotatable bonds is 8. The zero-order valence-electron chi connectivity index (χ0n) is 16.3. The molecule has 1 saturated heterocycles. The number of guanidine groups is 1. The first-order chi connectivity index (χ1) is 12.9. The number of hydrogen-bond donors (Lipinski definition) is 1. The lowest BCUT2D eigenvalue weighted by molar-refractivity contribution is -0.137. The summed E-state index contributed by atoms with van der Waals surface area (Å²) >= 11 is 0. The summed E-state index contributed by atoms with van der Waals surface area (Å²) in [6.45, 7) is 4.21. The largest absolute Gasteiger partial charge is 0.416 e. The van der Waals surface area contributed by atoms with Crippen molar-refractivity contribution in [3.8, 4) is 0 Å². The molecule has 0 aliphatic carbocycles. The van der Waals surface area contributed by atoms with Crippen LogP contribution in [0.4, 0.5) is 13.2 Å². The van der Waals surface area contributed by atoms with Gasteiger partial charge in [0.1, 0.15) is 0 Å². The van der Waals surface area contributed by atoms with Crippen LogP contribution in [-0.4, -0.2) is 57.9 Å². The van der Waals surface area contributed by atoms with Gasteiger partial charge in [-0.15, -0.1) is 24.0 Å². The molecule has 1 fully saturated rings. The first kappa shape index (κ1) is 25.0. The van der Waals surface area contributed by atoms with E-state index in [0.29, 0.717) is 31.6 Å². The Labute approximate surface area is 181 Å². The lowest BCUT2D eigenvalue weighted by atomic mass is 10.1. The van der Waals surface area contributed by atoms with Crippen molar-refractivity contribution in [2.45, 2.75) is 25.6 Å². The maximum atomic E-state index is 12.6. The van der Waals surface area contributed by atoms with Gasteiger partial charge in [0.25, 0.3) is 0 Å². The molecule has 0 bridgehead atoms. The van der Waals surface area contributed by atoms with Gasteiger partial charge in [-0.25, -0.2) is 0 Å². The van der Waals surface area contributed by atoms with Crippen molar-refractivity contribution in [3.63, 3.8) is 0 Å². The normalized spacial score (nSPS) is 17.3. The molecule has 1 aliphatic heterocycles.